The normalized spacial score (nSPS) is 12.2. The molecule has 2 aromatic rings. The summed E-state index contributed by atoms with van der Waals surface area (Å²) in [6.45, 7) is 0.275. The van der Waals surface area contributed by atoms with Crippen molar-refractivity contribution in [1.82, 2.24) is 19.9 Å². The maximum Gasteiger partial charge on any atom is 0.244 e. The van der Waals surface area contributed by atoms with Crippen molar-refractivity contribution >= 4 is 37.9 Å². The lowest BCUT2D eigenvalue weighted by molar-refractivity contribution is -0.110. The molecular formula is C11H13ClN4O4S. The number of hydrogen-bond acceptors (Lipinski definition) is 7. The molecule has 0 aliphatic carbocycles. The zero-order chi connectivity index (χ0) is 15.6. The van der Waals surface area contributed by atoms with E-state index in [0.717, 1.165) is 4.31 Å². The standard InChI is InChI=1S/C11H13ClN4O4S/c1-16(2)21(18,19)8-4-3-7(5-13-6-9(12)17)10-11(8)15-20-14-10/h3-4,13H,5-6H2,1-2H3. The van der Waals surface area contributed by atoms with Gasteiger partial charge in [-0.25, -0.2) is 17.4 Å². The highest BCUT2D eigenvalue weighted by Crippen LogP contribution is 2.25. The van der Waals surface area contributed by atoms with E-state index in [1.54, 1.807) is 6.07 Å². The second-order valence-electron chi connectivity index (χ2n) is 4.43. The Hall–Kier alpha value is -1.55. The SMILES string of the molecule is CN(C)S(=O)(=O)c1ccc(CNCC(=O)Cl)c2nonc12. The van der Waals surface area contributed by atoms with Gasteiger partial charge in [0.2, 0.25) is 15.3 Å². The lowest BCUT2D eigenvalue weighted by Gasteiger charge is -2.12. The molecule has 0 saturated heterocycles. The largest absolute Gasteiger partial charge is 0.305 e. The van der Waals surface area contributed by atoms with Crippen molar-refractivity contribution in [2.24, 2.45) is 0 Å². The summed E-state index contributed by atoms with van der Waals surface area (Å²) < 4.78 is 30.1. The fourth-order valence-corrected chi connectivity index (χ4v) is 2.84. The number of aromatic nitrogens is 2. The molecule has 2 rings (SSSR count). The van der Waals surface area contributed by atoms with Gasteiger partial charge >= 0.3 is 0 Å². The molecule has 0 fully saturated rings. The van der Waals surface area contributed by atoms with E-state index in [4.69, 9.17) is 11.6 Å². The molecule has 10 heteroatoms. The molecule has 0 atom stereocenters. The first kappa shape index (κ1) is 15.8. The molecule has 114 valence electrons. The van der Waals surface area contributed by atoms with Gasteiger partial charge < -0.3 is 5.32 Å². The Kier molecular flexibility index (Phi) is 4.57. The second kappa shape index (κ2) is 6.06. The molecule has 0 spiro atoms. The second-order valence-corrected chi connectivity index (χ2v) is 6.97. The van der Waals surface area contributed by atoms with Crippen molar-refractivity contribution in [3.8, 4) is 0 Å². The Morgan fingerprint density at radius 2 is 2.00 bits per heavy atom. The number of sulfonamides is 1. The van der Waals surface area contributed by atoms with Crippen LogP contribution < -0.4 is 5.32 Å². The fraction of sp³-hybridized carbons (Fsp3) is 0.364. The highest BCUT2D eigenvalue weighted by Gasteiger charge is 2.24. The first-order valence-corrected chi connectivity index (χ1v) is 7.71. The lowest BCUT2D eigenvalue weighted by atomic mass is 10.2. The number of nitrogens with one attached hydrogen (secondary N) is 1. The van der Waals surface area contributed by atoms with Crippen LogP contribution in [0.4, 0.5) is 0 Å². The number of carbonyl (C=O) groups is 1. The number of benzene rings is 1. The van der Waals surface area contributed by atoms with E-state index < -0.39 is 15.3 Å². The quantitative estimate of drug-likeness (QED) is 0.760. The number of carbonyl (C=O) groups excluding carboxylic acids is 1. The van der Waals surface area contributed by atoms with Gasteiger partial charge in [-0.3, -0.25) is 4.79 Å². The third-order valence-electron chi connectivity index (χ3n) is 2.80. The van der Waals surface area contributed by atoms with Gasteiger partial charge in [0.1, 0.15) is 10.4 Å². The Morgan fingerprint density at radius 1 is 1.33 bits per heavy atom. The summed E-state index contributed by atoms with van der Waals surface area (Å²) in [7, 11) is -0.795. The van der Waals surface area contributed by atoms with Crippen LogP contribution in [0.5, 0.6) is 0 Å². The molecule has 0 saturated carbocycles. The molecule has 21 heavy (non-hydrogen) atoms. The predicted molar refractivity (Wildman–Crippen MR) is 75.2 cm³/mol. The smallest absolute Gasteiger partial charge is 0.244 e. The van der Waals surface area contributed by atoms with Crippen LogP contribution in [-0.4, -0.2) is 48.9 Å². The number of hydrogen-bond donors (Lipinski definition) is 1. The molecule has 0 radical (unpaired) electrons. The molecule has 0 bridgehead atoms. The van der Waals surface area contributed by atoms with Crippen LogP contribution in [-0.2, 0) is 21.4 Å². The monoisotopic (exact) mass is 332 g/mol. The Balaban J connectivity index is 2.42. The van der Waals surface area contributed by atoms with E-state index >= 15 is 0 Å². The third-order valence-corrected chi connectivity index (χ3v) is 4.78. The third kappa shape index (κ3) is 3.21. The average molecular weight is 333 g/mol. The minimum absolute atomic E-state index is 0.00786. The van der Waals surface area contributed by atoms with Crippen LogP contribution in [0, 0.1) is 0 Å². The maximum absolute atomic E-state index is 12.2. The summed E-state index contributed by atoms with van der Waals surface area (Å²) in [6, 6.07) is 3.02. The van der Waals surface area contributed by atoms with Crippen LogP contribution in [0.25, 0.3) is 11.0 Å². The van der Waals surface area contributed by atoms with Gasteiger partial charge in [-0.1, -0.05) is 6.07 Å². The van der Waals surface area contributed by atoms with E-state index in [2.05, 4.69) is 20.3 Å². The molecule has 1 aromatic carbocycles. The molecule has 1 N–H and O–H groups in total. The minimum Gasteiger partial charge on any atom is -0.305 e. The zero-order valence-corrected chi connectivity index (χ0v) is 12.9. The van der Waals surface area contributed by atoms with Crippen LogP contribution in [0.2, 0.25) is 0 Å². The van der Waals surface area contributed by atoms with Gasteiger partial charge in [-0.15, -0.1) is 0 Å². The Labute approximate surface area is 126 Å². The fourth-order valence-electron chi connectivity index (χ4n) is 1.74. The zero-order valence-electron chi connectivity index (χ0n) is 11.3. The molecule has 0 amide bonds. The summed E-state index contributed by atoms with van der Waals surface area (Å²) in [5.41, 5.74) is 1.13. The van der Waals surface area contributed by atoms with Gasteiger partial charge in [0.15, 0.2) is 5.52 Å². The first-order chi connectivity index (χ1) is 9.84. The minimum atomic E-state index is -3.65. The van der Waals surface area contributed by atoms with Gasteiger partial charge in [0, 0.05) is 20.6 Å². The first-order valence-electron chi connectivity index (χ1n) is 5.89. The summed E-state index contributed by atoms with van der Waals surface area (Å²) in [5, 5.41) is 9.68. The molecule has 1 heterocycles. The van der Waals surface area contributed by atoms with Gasteiger partial charge in [0.05, 0.1) is 6.54 Å². The van der Waals surface area contributed by atoms with E-state index in [9.17, 15) is 13.2 Å². The van der Waals surface area contributed by atoms with Crippen molar-refractivity contribution in [2.75, 3.05) is 20.6 Å². The van der Waals surface area contributed by atoms with Gasteiger partial charge in [-0.2, -0.15) is 0 Å². The van der Waals surface area contributed by atoms with E-state index in [-0.39, 0.29) is 23.5 Å². The highest BCUT2D eigenvalue weighted by molar-refractivity contribution is 7.89. The number of nitrogens with zero attached hydrogens (tertiary/aromatic N) is 3. The molecule has 0 aliphatic heterocycles. The predicted octanol–water partition coefficient (Wildman–Crippen LogP) is 0.328. The average Bonchev–Trinajstić information content (AvgIpc) is 2.87. The summed E-state index contributed by atoms with van der Waals surface area (Å²) in [5.74, 6) is 0. The van der Waals surface area contributed by atoms with Crippen molar-refractivity contribution < 1.29 is 17.8 Å². The molecular weight excluding hydrogens is 320 g/mol. The van der Waals surface area contributed by atoms with Crippen molar-refractivity contribution in [3.63, 3.8) is 0 Å². The highest BCUT2D eigenvalue weighted by atomic mass is 35.5. The van der Waals surface area contributed by atoms with Gasteiger partial charge in [-0.05, 0) is 33.5 Å². The maximum atomic E-state index is 12.2. The van der Waals surface area contributed by atoms with E-state index in [1.165, 1.54) is 20.2 Å². The number of rotatable bonds is 6. The Bertz CT molecular complexity index is 772. The van der Waals surface area contributed by atoms with E-state index in [0.29, 0.717) is 11.1 Å². The number of halogens is 1. The lowest BCUT2D eigenvalue weighted by Crippen LogP contribution is -2.23. The number of fused-ring (bicyclic) bond motifs is 1. The van der Waals surface area contributed by atoms with Crippen LogP contribution >= 0.6 is 11.6 Å². The van der Waals surface area contributed by atoms with E-state index in [1.807, 2.05) is 0 Å². The van der Waals surface area contributed by atoms with Crippen molar-refractivity contribution in [2.45, 2.75) is 11.4 Å². The van der Waals surface area contributed by atoms with Crippen LogP contribution in [0.1, 0.15) is 5.56 Å². The van der Waals surface area contributed by atoms with Crippen LogP contribution in [0.15, 0.2) is 21.7 Å². The molecule has 0 aliphatic rings. The molecule has 8 nitrogen and oxygen atoms in total. The molecule has 1 aromatic heterocycles. The summed E-state index contributed by atoms with van der Waals surface area (Å²) in [6.07, 6.45) is 0. The summed E-state index contributed by atoms with van der Waals surface area (Å²) >= 11 is 5.23. The molecule has 0 unspecified atom stereocenters. The van der Waals surface area contributed by atoms with Gasteiger partial charge in [0.25, 0.3) is 0 Å². The van der Waals surface area contributed by atoms with Crippen molar-refractivity contribution in [3.05, 3.63) is 17.7 Å². The Morgan fingerprint density at radius 3 is 2.62 bits per heavy atom. The summed E-state index contributed by atoms with van der Waals surface area (Å²) in [4.78, 5) is 10.7. The van der Waals surface area contributed by atoms with Crippen molar-refractivity contribution in [1.29, 1.82) is 0 Å². The topological polar surface area (TPSA) is 105 Å². The van der Waals surface area contributed by atoms with Crippen LogP contribution in [0.3, 0.4) is 0 Å².